The molecule has 1 fully saturated rings. The number of morpholine rings is 1. The SMILES string of the molecule is Cc1cc(C)c(C(=O)C[NH+]2CCOCC2)c(C)c1.[Cl-]. The average Bonchev–Trinajstić information content (AvgIpc) is 2.28. The molecule has 0 aliphatic carbocycles. The molecule has 0 aromatic heterocycles. The number of halogens is 1. The van der Waals surface area contributed by atoms with Crippen LogP contribution in [0.15, 0.2) is 12.1 Å². The molecule has 3 nitrogen and oxygen atoms in total. The molecule has 0 radical (unpaired) electrons. The molecule has 0 atom stereocenters. The zero-order chi connectivity index (χ0) is 13.1. The maximum Gasteiger partial charge on any atom is 0.217 e. The lowest BCUT2D eigenvalue weighted by molar-refractivity contribution is -0.899. The number of hydrogen-bond donors (Lipinski definition) is 1. The molecule has 0 bridgehead atoms. The monoisotopic (exact) mass is 283 g/mol. The van der Waals surface area contributed by atoms with Crippen LogP contribution in [0.3, 0.4) is 0 Å². The van der Waals surface area contributed by atoms with Crippen LogP contribution in [-0.4, -0.2) is 38.6 Å². The lowest BCUT2D eigenvalue weighted by atomic mass is 9.96. The maximum absolute atomic E-state index is 12.4. The summed E-state index contributed by atoms with van der Waals surface area (Å²) >= 11 is 0. The van der Waals surface area contributed by atoms with E-state index in [0.29, 0.717) is 6.54 Å². The van der Waals surface area contributed by atoms with Crippen LogP contribution >= 0.6 is 0 Å². The summed E-state index contributed by atoms with van der Waals surface area (Å²) in [5.74, 6) is 0.266. The van der Waals surface area contributed by atoms with Crippen LogP contribution in [-0.2, 0) is 4.74 Å². The van der Waals surface area contributed by atoms with Gasteiger partial charge < -0.3 is 22.0 Å². The molecule has 106 valence electrons. The molecule has 1 saturated heterocycles. The topological polar surface area (TPSA) is 30.7 Å². The van der Waals surface area contributed by atoms with Gasteiger partial charge in [-0.25, -0.2) is 0 Å². The highest BCUT2D eigenvalue weighted by atomic mass is 35.5. The highest BCUT2D eigenvalue weighted by molar-refractivity contribution is 5.99. The van der Waals surface area contributed by atoms with Crippen molar-refractivity contribution in [2.45, 2.75) is 20.8 Å². The number of ketones is 1. The molecule has 2 rings (SSSR count). The van der Waals surface area contributed by atoms with E-state index >= 15 is 0 Å². The van der Waals surface area contributed by atoms with Crippen LogP contribution < -0.4 is 17.3 Å². The number of hydrogen-bond acceptors (Lipinski definition) is 2. The van der Waals surface area contributed by atoms with E-state index in [4.69, 9.17) is 4.74 Å². The average molecular weight is 284 g/mol. The van der Waals surface area contributed by atoms with E-state index in [0.717, 1.165) is 43.0 Å². The zero-order valence-corrected chi connectivity index (χ0v) is 12.6. The van der Waals surface area contributed by atoms with Crippen LogP contribution in [0, 0.1) is 20.8 Å². The highest BCUT2D eigenvalue weighted by Crippen LogP contribution is 2.16. The first-order valence-electron chi connectivity index (χ1n) is 6.60. The Bertz CT molecular complexity index is 430. The van der Waals surface area contributed by atoms with Crippen LogP contribution in [0.5, 0.6) is 0 Å². The summed E-state index contributed by atoms with van der Waals surface area (Å²) in [6.07, 6.45) is 0. The van der Waals surface area contributed by atoms with E-state index in [2.05, 4.69) is 19.1 Å². The van der Waals surface area contributed by atoms with Gasteiger partial charge in [0.15, 0.2) is 0 Å². The van der Waals surface area contributed by atoms with Crippen molar-refractivity contribution in [1.82, 2.24) is 0 Å². The lowest BCUT2D eigenvalue weighted by Crippen LogP contribution is -3.14. The molecule has 1 aliphatic heterocycles. The fraction of sp³-hybridized carbons (Fsp3) is 0.533. The Morgan fingerprint density at radius 2 is 1.68 bits per heavy atom. The van der Waals surface area contributed by atoms with Gasteiger partial charge >= 0.3 is 0 Å². The molecule has 0 amide bonds. The highest BCUT2D eigenvalue weighted by Gasteiger charge is 2.21. The Balaban J connectivity index is 0.00000180. The largest absolute Gasteiger partial charge is 1.00 e. The van der Waals surface area contributed by atoms with Crippen molar-refractivity contribution in [3.8, 4) is 0 Å². The van der Waals surface area contributed by atoms with E-state index in [-0.39, 0.29) is 18.2 Å². The first kappa shape index (κ1) is 16.2. The maximum atomic E-state index is 12.4. The molecule has 1 N–H and O–H groups in total. The van der Waals surface area contributed by atoms with Gasteiger partial charge in [0.05, 0.1) is 13.2 Å². The van der Waals surface area contributed by atoms with Crippen molar-refractivity contribution >= 4 is 5.78 Å². The van der Waals surface area contributed by atoms with Crippen molar-refractivity contribution in [2.75, 3.05) is 32.8 Å². The molecule has 1 aliphatic rings. The van der Waals surface area contributed by atoms with Gasteiger partial charge in [0.25, 0.3) is 0 Å². The molecule has 0 spiro atoms. The number of carbonyl (C=O) groups is 1. The summed E-state index contributed by atoms with van der Waals surface area (Å²) in [6, 6.07) is 4.18. The van der Waals surface area contributed by atoms with Gasteiger partial charge in [0, 0.05) is 5.56 Å². The van der Waals surface area contributed by atoms with Crippen LogP contribution in [0.25, 0.3) is 0 Å². The summed E-state index contributed by atoms with van der Waals surface area (Å²) in [5, 5.41) is 0. The van der Waals surface area contributed by atoms with Crippen molar-refractivity contribution in [3.05, 3.63) is 34.4 Å². The standard InChI is InChI=1S/C15H21NO2.ClH/c1-11-8-12(2)15(13(3)9-11)14(17)10-16-4-6-18-7-5-16;/h8-9H,4-7,10H2,1-3H3;1H. The Morgan fingerprint density at radius 3 is 2.21 bits per heavy atom. The first-order valence-corrected chi connectivity index (χ1v) is 6.60. The third-order valence-corrected chi connectivity index (χ3v) is 3.57. The minimum absolute atomic E-state index is 0. The number of quaternary nitrogens is 1. The smallest absolute Gasteiger partial charge is 0.217 e. The molecule has 1 aromatic carbocycles. The number of carbonyl (C=O) groups excluding carboxylic acids is 1. The molecule has 0 saturated carbocycles. The predicted molar refractivity (Wildman–Crippen MR) is 71.4 cm³/mol. The second-order valence-corrected chi connectivity index (χ2v) is 5.24. The molecule has 19 heavy (non-hydrogen) atoms. The van der Waals surface area contributed by atoms with E-state index < -0.39 is 0 Å². The van der Waals surface area contributed by atoms with Gasteiger partial charge in [-0.1, -0.05) is 17.7 Å². The van der Waals surface area contributed by atoms with Crippen LogP contribution in [0.4, 0.5) is 0 Å². The number of nitrogens with one attached hydrogen (secondary N) is 1. The number of rotatable bonds is 3. The summed E-state index contributed by atoms with van der Waals surface area (Å²) in [6.45, 7) is 10.1. The number of aryl methyl sites for hydroxylation is 3. The fourth-order valence-electron chi connectivity index (χ4n) is 2.77. The third kappa shape index (κ3) is 4.03. The molecule has 1 aromatic rings. The van der Waals surface area contributed by atoms with E-state index in [9.17, 15) is 4.79 Å². The fourth-order valence-corrected chi connectivity index (χ4v) is 2.77. The Kier molecular flexibility index (Phi) is 5.98. The van der Waals surface area contributed by atoms with Gasteiger partial charge in [-0.15, -0.1) is 0 Å². The molecular formula is C15H22ClNO2. The van der Waals surface area contributed by atoms with Gasteiger partial charge in [-0.3, -0.25) is 4.79 Å². The van der Waals surface area contributed by atoms with E-state index in [1.165, 1.54) is 10.5 Å². The Morgan fingerprint density at radius 1 is 1.16 bits per heavy atom. The lowest BCUT2D eigenvalue weighted by Gasteiger charge is -2.23. The second kappa shape index (κ2) is 7.04. The van der Waals surface area contributed by atoms with Crippen molar-refractivity contribution < 1.29 is 26.8 Å². The number of Topliss-reactive ketones (excluding diaryl/α,β-unsaturated/α-hetero) is 1. The van der Waals surface area contributed by atoms with E-state index in [1.54, 1.807) is 0 Å². The number of ether oxygens (including phenoxy) is 1. The van der Waals surface area contributed by atoms with Crippen LogP contribution in [0.2, 0.25) is 0 Å². The first-order chi connectivity index (χ1) is 8.58. The minimum Gasteiger partial charge on any atom is -1.00 e. The zero-order valence-electron chi connectivity index (χ0n) is 11.9. The molecular weight excluding hydrogens is 262 g/mol. The predicted octanol–water partition coefficient (Wildman–Crippen LogP) is -2.29. The summed E-state index contributed by atoms with van der Waals surface area (Å²) in [7, 11) is 0. The van der Waals surface area contributed by atoms with Gasteiger partial charge in [-0.2, -0.15) is 0 Å². The summed E-state index contributed by atoms with van der Waals surface area (Å²) in [5.41, 5.74) is 4.34. The molecule has 0 unspecified atom stereocenters. The Hall–Kier alpha value is -0.900. The van der Waals surface area contributed by atoms with Gasteiger partial charge in [-0.05, 0) is 31.9 Å². The van der Waals surface area contributed by atoms with Crippen molar-refractivity contribution in [2.24, 2.45) is 0 Å². The van der Waals surface area contributed by atoms with Crippen molar-refractivity contribution in [3.63, 3.8) is 0 Å². The molecule has 4 heteroatoms. The third-order valence-electron chi connectivity index (χ3n) is 3.57. The Labute approximate surface area is 121 Å². The van der Waals surface area contributed by atoms with Gasteiger partial charge in [0.2, 0.25) is 5.78 Å². The molecule has 1 heterocycles. The minimum atomic E-state index is 0. The summed E-state index contributed by atoms with van der Waals surface area (Å²) < 4.78 is 5.32. The quantitative estimate of drug-likeness (QED) is 0.634. The second-order valence-electron chi connectivity index (χ2n) is 5.24. The van der Waals surface area contributed by atoms with E-state index in [1.807, 2.05) is 13.8 Å². The number of benzene rings is 1. The summed E-state index contributed by atoms with van der Waals surface area (Å²) in [4.78, 5) is 13.7. The normalized spacial score (nSPS) is 15.9. The van der Waals surface area contributed by atoms with Gasteiger partial charge in [0.1, 0.15) is 19.6 Å². The van der Waals surface area contributed by atoms with Crippen molar-refractivity contribution in [1.29, 1.82) is 0 Å². The van der Waals surface area contributed by atoms with Crippen LogP contribution in [0.1, 0.15) is 27.0 Å².